The maximum atomic E-state index is 12.0. The van der Waals surface area contributed by atoms with Crippen molar-refractivity contribution in [2.24, 2.45) is 0 Å². The summed E-state index contributed by atoms with van der Waals surface area (Å²) in [6.45, 7) is 0. The number of ether oxygens (including phenoxy) is 3. The molecule has 1 N–H and O–H groups in total. The van der Waals surface area contributed by atoms with E-state index in [1.807, 2.05) is 0 Å². The molecule has 0 bridgehead atoms. The first-order valence-electron chi connectivity index (χ1n) is 4.89. The van der Waals surface area contributed by atoms with E-state index in [4.69, 9.17) is 0 Å². The predicted octanol–water partition coefficient (Wildman–Crippen LogP) is 0.998. The van der Waals surface area contributed by atoms with Gasteiger partial charge in [-0.1, -0.05) is 0 Å². The standard InChI is InChI=1S/C10H10F3NO5/c1-17-7(15)3-5-9(18-2)8(16)6(4-14-5)19-10(11,12)13/h4H,3H2,1-2H3,(H,14,16). The Morgan fingerprint density at radius 3 is 2.47 bits per heavy atom. The molecule has 0 spiro atoms. The molecule has 0 unspecified atom stereocenters. The van der Waals surface area contributed by atoms with Gasteiger partial charge in [0.05, 0.1) is 26.3 Å². The number of hydrogen-bond acceptors (Lipinski definition) is 5. The zero-order valence-electron chi connectivity index (χ0n) is 9.96. The maximum absolute atomic E-state index is 12.0. The number of rotatable bonds is 4. The number of pyridine rings is 1. The van der Waals surface area contributed by atoms with Crippen LogP contribution in [-0.2, 0) is 16.0 Å². The Labute approximate surface area is 105 Å². The van der Waals surface area contributed by atoms with Crippen molar-refractivity contribution in [3.05, 3.63) is 22.1 Å². The highest BCUT2D eigenvalue weighted by atomic mass is 19.4. The molecule has 9 heteroatoms. The predicted molar refractivity (Wildman–Crippen MR) is 56.0 cm³/mol. The molecule has 0 aromatic carbocycles. The highest BCUT2D eigenvalue weighted by Crippen LogP contribution is 2.22. The average Bonchev–Trinajstić information content (AvgIpc) is 2.31. The Balaban J connectivity index is 3.16. The molecule has 19 heavy (non-hydrogen) atoms. The van der Waals surface area contributed by atoms with Crippen LogP contribution < -0.4 is 14.9 Å². The van der Waals surface area contributed by atoms with Gasteiger partial charge in [0.1, 0.15) is 0 Å². The highest BCUT2D eigenvalue weighted by molar-refractivity contribution is 5.72. The van der Waals surface area contributed by atoms with Crippen LogP contribution in [0.15, 0.2) is 11.0 Å². The molecular formula is C10H10F3NO5. The van der Waals surface area contributed by atoms with Gasteiger partial charge in [-0.05, 0) is 0 Å². The number of alkyl halides is 3. The summed E-state index contributed by atoms with van der Waals surface area (Å²) in [6.07, 6.45) is -4.64. The van der Waals surface area contributed by atoms with Crippen LogP contribution in [0.25, 0.3) is 0 Å². The van der Waals surface area contributed by atoms with Gasteiger partial charge in [-0.25, -0.2) is 0 Å². The van der Waals surface area contributed by atoms with Gasteiger partial charge in [0.25, 0.3) is 5.43 Å². The minimum absolute atomic E-state index is 0.00567. The first-order chi connectivity index (χ1) is 8.78. The van der Waals surface area contributed by atoms with E-state index in [-0.39, 0.29) is 12.1 Å². The Bertz CT molecular complexity index is 523. The number of hydrogen-bond donors (Lipinski definition) is 1. The molecule has 106 valence electrons. The molecule has 0 radical (unpaired) electrons. The summed E-state index contributed by atoms with van der Waals surface area (Å²) in [5, 5.41) is 0. The van der Waals surface area contributed by atoms with Crippen LogP contribution in [0, 0.1) is 0 Å². The first-order valence-corrected chi connectivity index (χ1v) is 4.89. The van der Waals surface area contributed by atoms with Crippen molar-refractivity contribution in [2.45, 2.75) is 12.8 Å². The van der Waals surface area contributed by atoms with Crippen LogP contribution in [0.3, 0.4) is 0 Å². The topological polar surface area (TPSA) is 77.6 Å². The van der Waals surface area contributed by atoms with E-state index >= 15 is 0 Å². The summed E-state index contributed by atoms with van der Waals surface area (Å²) in [5.41, 5.74) is -1.12. The van der Waals surface area contributed by atoms with Crippen LogP contribution in [0.5, 0.6) is 11.5 Å². The second kappa shape index (κ2) is 5.63. The number of aromatic amines is 1. The Morgan fingerprint density at radius 1 is 1.37 bits per heavy atom. The molecule has 0 saturated heterocycles. The fourth-order valence-corrected chi connectivity index (χ4v) is 1.30. The van der Waals surface area contributed by atoms with E-state index in [1.54, 1.807) is 0 Å². The van der Waals surface area contributed by atoms with Gasteiger partial charge in [0.15, 0.2) is 11.5 Å². The zero-order valence-corrected chi connectivity index (χ0v) is 9.96. The van der Waals surface area contributed by atoms with Crippen molar-refractivity contribution in [3.63, 3.8) is 0 Å². The molecule has 1 heterocycles. The number of nitrogens with one attached hydrogen (secondary N) is 1. The van der Waals surface area contributed by atoms with E-state index < -0.39 is 29.3 Å². The summed E-state index contributed by atoms with van der Waals surface area (Å²) in [5.74, 6) is -2.09. The number of methoxy groups -OCH3 is 2. The van der Waals surface area contributed by atoms with Crippen molar-refractivity contribution in [3.8, 4) is 11.5 Å². The van der Waals surface area contributed by atoms with Crippen molar-refractivity contribution in [1.29, 1.82) is 0 Å². The number of esters is 1. The first kappa shape index (κ1) is 14.9. The second-order valence-electron chi connectivity index (χ2n) is 3.29. The largest absolute Gasteiger partial charge is 0.573 e. The summed E-state index contributed by atoms with van der Waals surface area (Å²) in [7, 11) is 2.22. The van der Waals surface area contributed by atoms with E-state index in [9.17, 15) is 22.8 Å². The maximum Gasteiger partial charge on any atom is 0.573 e. The minimum Gasteiger partial charge on any atom is -0.491 e. The van der Waals surface area contributed by atoms with Gasteiger partial charge >= 0.3 is 12.3 Å². The Morgan fingerprint density at radius 2 is 2.00 bits per heavy atom. The molecule has 6 nitrogen and oxygen atoms in total. The molecule has 1 aromatic heterocycles. The minimum atomic E-state index is -5.00. The lowest BCUT2D eigenvalue weighted by molar-refractivity contribution is -0.275. The third-order valence-electron chi connectivity index (χ3n) is 2.06. The van der Waals surface area contributed by atoms with Crippen molar-refractivity contribution >= 4 is 5.97 Å². The molecule has 0 atom stereocenters. The van der Waals surface area contributed by atoms with Gasteiger partial charge in [-0.2, -0.15) is 0 Å². The van der Waals surface area contributed by atoms with Crippen LogP contribution in [-0.4, -0.2) is 31.5 Å². The fraction of sp³-hybridized carbons (Fsp3) is 0.400. The molecule has 0 fully saturated rings. The zero-order chi connectivity index (χ0) is 14.6. The smallest absolute Gasteiger partial charge is 0.491 e. The van der Waals surface area contributed by atoms with E-state index in [0.717, 1.165) is 14.2 Å². The number of halogens is 3. The van der Waals surface area contributed by atoms with E-state index in [1.165, 1.54) is 0 Å². The molecule has 0 saturated carbocycles. The third-order valence-corrected chi connectivity index (χ3v) is 2.06. The number of aromatic nitrogens is 1. The van der Waals surface area contributed by atoms with Crippen LogP contribution in [0.4, 0.5) is 13.2 Å². The molecule has 0 aliphatic heterocycles. The number of H-pyrrole nitrogens is 1. The van der Waals surface area contributed by atoms with Gasteiger partial charge in [0, 0.05) is 6.20 Å². The Hall–Kier alpha value is -2.19. The van der Waals surface area contributed by atoms with Gasteiger partial charge in [-0.15, -0.1) is 13.2 Å². The van der Waals surface area contributed by atoms with Gasteiger partial charge < -0.3 is 19.2 Å². The molecule has 1 rings (SSSR count). The SMILES string of the molecule is COC(=O)Cc1[nH]cc(OC(F)(F)F)c(=O)c1OC. The molecular weight excluding hydrogens is 271 g/mol. The van der Waals surface area contributed by atoms with Crippen molar-refractivity contribution in [2.75, 3.05) is 14.2 Å². The highest BCUT2D eigenvalue weighted by Gasteiger charge is 2.33. The van der Waals surface area contributed by atoms with Crippen LogP contribution in [0.2, 0.25) is 0 Å². The average molecular weight is 281 g/mol. The van der Waals surface area contributed by atoms with Crippen molar-refractivity contribution in [1.82, 2.24) is 4.98 Å². The summed E-state index contributed by atoms with van der Waals surface area (Å²) < 4.78 is 48.7. The molecule has 0 aliphatic rings. The monoisotopic (exact) mass is 281 g/mol. The lowest BCUT2D eigenvalue weighted by Crippen LogP contribution is -2.23. The molecule has 0 amide bonds. The Kier molecular flexibility index (Phi) is 4.41. The lowest BCUT2D eigenvalue weighted by Gasteiger charge is -2.11. The number of carbonyl (C=O) groups is 1. The van der Waals surface area contributed by atoms with Crippen molar-refractivity contribution < 1.29 is 32.2 Å². The van der Waals surface area contributed by atoms with Gasteiger partial charge in [0.2, 0.25) is 0 Å². The lowest BCUT2D eigenvalue weighted by atomic mass is 10.2. The van der Waals surface area contributed by atoms with Crippen LogP contribution >= 0.6 is 0 Å². The quantitative estimate of drug-likeness (QED) is 0.833. The van der Waals surface area contributed by atoms with E-state index in [0.29, 0.717) is 6.20 Å². The molecule has 1 aromatic rings. The van der Waals surface area contributed by atoms with Gasteiger partial charge in [-0.3, -0.25) is 9.59 Å². The summed E-state index contributed by atoms with van der Waals surface area (Å²) >= 11 is 0. The second-order valence-corrected chi connectivity index (χ2v) is 3.29. The normalized spacial score (nSPS) is 11.0. The third kappa shape index (κ3) is 3.90. The van der Waals surface area contributed by atoms with Crippen LogP contribution in [0.1, 0.15) is 5.69 Å². The molecule has 0 aliphatic carbocycles. The fourth-order valence-electron chi connectivity index (χ4n) is 1.30. The number of carbonyl (C=O) groups excluding carboxylic acids is 1. The summed E-state index contributed by atoms with van der Waals surface area (Å²) in [4.78, 5) is 25.0. The van der Waals surface area contributed by atoms with E-state index in [2.05, 4.69) is 19.2 Å². The summed E-state index contributed by atoms with van der Waals surface area (Å²) in [6, 6.07) is 0.